The van der Waals surface area contributed by atoms with Gasteiger partial charge in [0.25, 0.3) is 0 Å². The minimum absolute atomic E-state index is 0.100. The Morgan fingerprint density at radius 1 is 0.958 bits per heavy atom. The van der Waals surface area contributed by atoms with Crippen LogP contribution in [0.2, 0.25) is 0 Å². The van der Waals surface area contributed by atoms with Gasteiger partial charge in [-0.2, -0.15) is 0 Å². The van der Waals surface area contributed by atoms with Crippen molar-refractivity contribution in [1.82, 2.24) is 0 Å². The molecule has 0 aliphatic carbocycles. The Bertz CT molecular complexity index is 896. The summed E-state index contributed by atoms with van der Waals surface area (Å²) in [6, 6.07) is 0. The third-order valence-electron chi connectivity index (χ3n) is 4.51. The number of hydrogen-bond acceptors (Lipinski definition) is 5. The molecule has 0 unspecified atom stereocenters. The van der Waals surface area contributed by atoms with Crippen LogP contribution in [0, 0.1) is 20.8 Å². The fraction of sp³-hybridized carbons (Fsp3) is 0.412. The number of methoxy groups -OCH3 is 2. The van der Waals surface area contributed by atoms with Crippen LogP contribution in [0.5, 0.6) is 11.5 Å². The third kappa shape index (κ3) is 2.96. The molecule has 24 heavy (non-hydrogen) atoms. The van der Waals surface area contributed by atoms with Crippen molar-refractivity contribution in [2.45, 2.75) is 28.1 Å². The molecule has 120 valence electrons. The Labute approximate surface area is 173 Å². The van der Waals surface area contributed by atoms with Crippen LogP contribution in [-0.4, -0.2) is 20.0 Å². The number of carbonyl (C=O) groups excluding carboxylic acids is 1. The van der Waals surface area contributed by atoms with Gasteiger partial charge in [-0.1, -0.05) is 0 Å². The molecule has 0 spiro atoms. The van der Waals surface area contributed by atoms with E-state index >= 15 is 0 Å². The first-order valence-corrected chi connectivity index (χ1v) is 13.0. The summed E-state index contributed by atoms with van der Waals surface area (Å²) < 4.78 is 16.2. The van der Waals surface area contributed by atoms with Gasteiger partial charge in [-0.25, -0.2) is 0 Å². The first-order chi connectivity index (χ1) is 11.1. The number of rotatable bonds is 4. The summed E-state index contributed by atoms with van der Waals surface area (Å²) in [4.78, 5) is 24.9. The molecule has 1 aromatic carbocycles. The molecule has 0 aliphatic heterocycles. The van der Waals surface area contributed by atoms with E-state index in [0.29, 0.717) is 22.6 Å². The summed E-state index contributed by atoms with van der Waals surface area (Å²) in [5, 5.41) is 1.21. The Morgan fingerprint density at radius 2 is 1.50 bits per heavy atom. The summed E-state index contributed by atoms with van der Waals surface area (Å²) in [6.45, 7) is 7.29. The number of ether oxygens (including phenoxy) is 2. The van der Waals surface area contributed by atoms with Crippen LogP contribution in [-0.2, 0) is 57.5 Å². The second-order valence-corrected chi connectivity index (χ2v) is 30.5. The third-order valence-corrected chi connectivity index (χ3v) is 10.9. The van der Waals surface area contributed by atoms with E-state index in [1.807, 2.05) is 20.8 Å². The molecule has 7 heteroatoms. The second kappa shape index (κ2) is 7.06. The van der Waals surface area contributed by atoms with Crippen molar-refractivity contribution in [3.05, 3.63) is 32.9 Å². The molecule has 2 rings (SSSR count). The Balaban J connectivity index is 3.12. The van der Waals surface area contributed by atoms with Crippen LogP contribution in [0.4, 0.5) is 0 Å². The monoisotopic (exact) mass is 706 g/mol. The molecular formula is C17H18Hg2O5. The van der Waals surface area contributed by atoms with Gasteiger partial charge in [0.2, 0.25) is 0 Å². The van der Waals surface area contributed by atoms with Crippen LogP contribution in [0.15, 0.2) is 9.21 Å². The van der Waals surface area contributed by atoms with E-state index in [2.05, 4.69) is 0 Å². The van der Waals surface area contributed by atoms with Gasteiger partial charge in [0.15, 0.2) is 0 Å². The summed E-state index contributed by atoms with van der Waals surface area (Å²) in [6.07, 6.45) is 0. The van der Waals surface area contributed by atoms with Gasteiger partial charge >= 0.3 is 174 Å². The topological polar surface area (TPSA) is 65.7 Å². The van der Waals surface area contributed by atoms with Gasteiger partial charge in [-0.05, 0) is 0 Å². The predicted octanol–water partition coefficient (Wildman–Crippen LogP) is 2.57. The van der Waals surface area contributed by atoms with Crippen LogP contribution in [0.1, 0.15) is 29.4 Å². The number of hydrogen-bond donors (Lipinski definition) is 0. The van der Waals surface area contributed by atoms with Gasteiger partial charge in [0.1, 0.15) is 0 Å². The van der Waals surface area contributed by atoms with E-state index in [1.54, 1.807) is 14.0 Å². The van der Waals surface area contributed by atoms with Gasteiger partial charge in [0.05, 0.1) is 0 Å². The maximum absolute atomic E-state index is 12.7. The number of aryl methyl sites for hydroxylation is 2. The van der Waals surface area contributed by atoms with Crippen molar-refractivity contribution < 1.29 is 70.9 Å². The van der Waals surface area contributed by atoms with Crippen LogP contribution in [0.3, 0.4) is 0 Å². The molecule has 0 aliphatic rings. The summed E-state index contributed by atoms with van der Waals surface area (Å²) in [5.74, 6) is 1.82. The zero-order valence-corrected chi connectivity index (χ0v) is 26.0. The van der Waals surface area contributed by atoms with Crippen LogP contribution < -0.4 is 15.1 Å². The van der Waals surface area contributed by atoms with E-state index < -0.39 is 6.06 Å². The number of Topliss-reactive ketones (excluding diaryl/α,β-unsaturated/α-hetero) is 1. The van der Waals surface area contributed by atoms with E-state index in [4.69, 9.17) is 13.9 Å². The molecule has 0 fully saturated rings. The molecule has 0 radical (unpaired) electrons. The molecule has 0 N–H and O–H groups in total. The summed E-state index contributed by atoms with van der Waals surface area (Å²) >= 11 is 0.288. The Kier molecular flexibility index (Phi) is 5.85. The van der Waals surface area contributed by atoms with Gasteiger partial charge < -0.3 is 0 Å². The standard InChI is InChI=1S/C17H18O5.2Hg/c1-8(18)7-12-9(2)13-10(3)15(20-5)11(4)16(21-6)14(13)17(19)22-12;;/h1-6H3;;. The van der Waals surface area contributed by atoms with Crippen LogP contribution in [0.25, 0.3) is 10.8 Å². The van der Waals surface area contributed by atoms with Gasteiger partial charge in [-0.3, -0.25) is 0 Å². The van der Waals surface area contributed by atoms with E-state index in [-0.39, 0.29) is 58.0 Å². The molecular weight excluding hydrogens is 685 g/mol. The fourth-order valence-electron chi connectivity index (χ4n) is 3.16. The quantitative estimate of drug-likeness (QED) is 0.459. The van der Waals surface area contributed by atoms with E-state index in [1.165, 1.54) is 7.11 Å². The number of fused-ring (bicyclic) bond motifs is 1. The molecule has 0 bridgehead atoms. The predicted molar refractivity (Wildman–Crippen MR) is 82.2 cm³/mol. The molecule has 1 heterocycles. The molecule has 5 nitrogen and oxygen atoms in total. The second-order valence-electron chi connectivity index (χ2n) is 6.05. The van der Waals surface area contributed by atoms with Gasteiger partial charge in [0, 0.05) is 0 Å². The molecule has 0 saturated carbocycles. The average Bonchev–Trinajstić information content (AvgIpc) is 2.50. The first kappa shape index (κ1) is 19.9. The minimum atomic E-state index is -0.505. The number of ketones is 1. The van der Waals surface area contributed by atoms with Crippen molar-refractivity contribution in [2.24, 2.45) is 0 Å². The molecule has 1 aromatic heterocycles. The Hall–Kier alpha value is -0.430. The molecule has 0 amide bonds. The van der Waals surface area contributed by atoms with Crippen molar-refractivity contribution in [3.8, 4) is 11.5 Å². The van der Waals surface area contributed by atoms with Crippen molar-refractivity contribution >= 4 is 16.6 Å². The Morgan fingerprint density at radius 3 is 1.96 bits per heavy atom. The fourth-order valence-corrected chi connectivity index (χ4v) is 5.78. The number of carbonyl (C=O) groups is 1. The summed E-state index contributed by atoms with van der Waals surface area (Å²) in [7, 11) is 3.14. The van der Waals surface area contributed by atoms with Gasteiger partial charge in [-0.15, -0.1) is 0 Å². The van der Waals surface area contributed by atoms with Crippen molar-refractivity contribution in [1.29, 1.82) is 0 Å². The van der Waals surface area contributed by atoms with E-state index in [0.717, 1.165) is 22.1 Å². The van der Waals surface area contributed by atoms with Crippen LogP contribution >= 0.6 is 0 Å². The molecule has 0 atom stereocenters. The SMILES string of the molecule is COc1c(C)c(OC)c2c(=O)oc([C]([Hg])([Hg])C(C)=O)c(C)c2c1C. The number of benzene rings is 1. The average molecular weight is 704 g/mol. The van der Waals surface area contributed by atoms with Crippen molar-refractivity contribution in [3.63, 3.8) is 0 Å². The normalized spacial score (nSPS) is 11.8. The molecule has 2 aromatic rings. The van der Waals surface area contributed by atoms with Crippen molar-refractivity contribution in [2.75, 3.05) is 14.2 Å². The summed E-state index contributed by atoms with van der Waals surface area (Å²) in [5.41, 5.74) is 2.04. The maximum atomic E-state index is 12.7. The zero-order chi connectivity index (χ0) is 18.4. The molecule has 0 saturated heterocycles. The van der Waals surface area contributed by atoms with E-state index in [9.17, 15) is 9.59 Å². The zero-order valence-electron chi connectivity index (χ0n) is 15.0. The first-order valence-electron chi connectivity index (χ1n) is 7.50.